The van der Waals surface area contributed by atoms with Gasteiger partial charge in [0.1, 0.15) is 0 Å². The summed E-state index contributed by atoms with van der Waals surface area (Å²) in [4.78, 5) is 2.65. The van der Waals surface area contributed by atoms with Crippen molar-refractivity contribution in [3.63, 3.8) is 0 Å². The van der Waals surface area contributed by atoms with Gasteiger partial charge in [-0.25, -0.2) is 0 Å². The van der Waals surface area contributed by atoms with E-state index in [1.54, 1.807) is 0 Å². The van der Waals surface area contributed by atoms with Crippen LogP contribution in [0.5, 0.6) is 0 Å². The van der Waals surface area contributed by atoms with Crippen LogP contribution in [0.4, 0.5) is 0 Å². The number of nitrogens with two attached hydrogens (primary N) is 1. The first-order chi connectivity index (χ1) is 5.77. The Labute approximate surface area is 75.1 Å². The van der Waals surface area contributed by atoms with Crippen LogP contribution in [-0.2, 0) is 0 Å². The zero-order chi connectivity index (χ0) is 8.55. The standard InChI is InChI=1S/C10H20N2/c1-8(11)9-6-10-4-2-3-5-12(10)7-9/h8-10H,2-7,11H2,1H3. The lowest BCUT2D eigenvalue weighted by Crippen LogP contribution is -2.34. The molecule has 0 aliphatic carbocycles. The van der Waals surface area contributed by atoms with E-state index < -0.39 is 0 Å². The molecular weight excluding hydrogens is 148 g/mol. The lowest BCUT2D eigenvalue weighted by molar-refractivity contribution is 0.196. The van der Waals surface area contributed by atoms with Gasteiger partial charge in [0.2, 0.25) is 0 Å². The summed E-state index contributed by atoms with van der Waals surface area (Å²) in [6.45, 7) is 4.75. The molecule has 0 bridgehead atoms. The van der Waals surface area contributed by atoms with Crippen LogP contribution in [0.1, 0.15) is 32.6 Å². The maximum atomic E-state index is 5.93. The van der Waals surface area contributed by atoms with Crippen molar-refractivity contribution in [2.45, 2.75) is 44.7 Å². The van der Waals surface area contributed by atoms with Gasteiger partial charge in [-0.1, -0.05) is 6.42 Å². The summed E-state index contributed by atoms with van der Waals surface area (Å²) in [7, 11) is 0. The quantitative estimate of drug-likeness (QED) is 0.637. The van der Waals surface area contributed by atoms with E-state index in [1.165, 1.54) is 38.8 Å². The summed E-state index contributed by atoms with van der Waals surface area (Å²) in [5.41, 5.74) is 5.93. The number of hydrogen-bond donors (Lipinski definition) is 1. The highest BCUT2D eigenvalue weighted by molar-refractivity contribution is 4.90. The fraction of sp³-hybridized carbons (Fsp3) is 1.00. The predicted molar refractivity (Wildman–Crippen MR) is 51.0 cm³/mol. The van der Waals surface area contributed by atoms with Crippen molar-refractivity contribution in [1.29, 1.82) is 0 Å². The van der Waals surface area contributed by atoms with Gasteiger partial charge in [0, 0.05) is 18.6 Å². The fourth-order valence-electron chi connectivity index (χ4n) is 2.67. The minimum Gasteiger partial charge on any atom is -0.328 e. The van der Waals surface area contributed by atoms with Gasteiger partial charge in [0.25, 0.3) is 0 Å². The van der Waals surface area contributed by atoms with Crippen LogP contribution >= 0.6 is 0 Å². The van der Waals surface area contributed by atoms with Crippen LogP contribution in [-0.4, -0.2) is 30.1 Å². The van der Waals surface area contributed by atoms with Gasteiger partial charge in [-0.15, -0.1) is 0 Å². The Bertz CT molecular complexity index is 142. The third kappa shape index (κ3) is 1.50. The zero-order valence-electron chi connectivity index (χ0n) is 8.00. The maximum Gasteiger partial charge on any atom is 0.00990 e. The zero-order valence-corrected chi connectivity index (χ0v) is 8.00. The predicted octanol–water partition coefficient (Wildman–Crippen LogP) is 1.21. The third-order valence-corrected chi connectivity index (χ3v) is 3.54. The molecule has 2 heteroatoms. The molecule has 3 unspecified atom stereocenters. The van der Waals surface area contributed by atoms with Crippen LogP contribution < -0.4 is 5.73 Å². The molecule has 12 heavy (non-hydrogen) atoms. The van der Waals surface area contributed by atoms with Crippen LogP contribution in [0.25, 0.3) is 0 Å². The molecule has 0 saturated carbocycles. The average molecular weight is 168 g/mol. The van der Waals surface area contributed by atoms with Gasteiger partial charge in [0.05, 0.1) is 0 Å². The van der Waals surface area contributed by atoms with E-state index in [4.69, 9.17) is 5.73 Å². The molecule has 2 heterocycles. The fourth-order valence-corrected chi connectivity index (χ4v) is 2.67. The van der Waals surface area contributed by atoms with Crippen LogP contribution in [0.3, 0.4) is 0 Å². The summed E-state index contributed by atoms with van der Waals surface area (Å²) in [5, 5.41) is 0. The van der Waals surface area contributed by atoms with E-state index in [2.05, 4.69) is 11.8 Å². The Balaban J connectivity index is 1.94. The molecule has 2 fully saturated rings. The molecule has 0 aromatic rings. The Morgan fingerprint density at radius 3 is 2.92 bits per heavy atom. The highest BCUT2D eigenvalue weighted by atomic mass is 15.2. The first-order valence-electron chi connectivity index (χ1n) is 5.27. The van der Waals surface area contributed by atoms with Crippen molar-refractivity contribution in [2.24, 2.45) is 11.7 Å². The van der Waals surface area contributed by atoms with Gasteiger partial charge in [-0.2, -0.15) is 0 Å². The maximum absolute atomic E-state index is 5.93. The molecule has 2 aliphatic rings. The number of piperidine rings is 1. The molecule has 3 atom stereocenters. The third-order valence-electron chi connectivity index (χ3n) is 3.54. The number of rotatable bonds is 1. The molecular formula is C10H20N2. The number of fused-ring (bicyclic) bond motifs is 1. The van der Waals surface area contributed by atoms with Gasteiger partial charge in [0.15, 0.2) is 0 Å². The minimum atomic E-state index is 0.399. The van der Waals surface area contributed by atoms with Crippen molar-refractivity contribution < 1.29 is 0 Å². The molecule has 2 nitrogen and oxygen atoms in total. The highest BCUT2D eigenvalue weighted by Crippen LogP contribution is 2.31. The van der Waals surface area contributed by atoms with Gasteiger partial charge in [-0.3, -0.25) is 0 Å². The largest absolute Gasteiger partial charge is 0.328 e. The molecule has 0 aromatic heterocycles. The van der Waals surface area contributed by atoms with Gasteiger partial charge >= 0.3 is 0 Å². The average Bonchev–Trinajstić information content (AvgIpc) is 2.46. The van der Waals surface area contributed by atoms with E-state index >= 15 is 0 Å². The summed E-state index contributed by atoms with van der Waals surface area (Å²) in [6, 6.07) is 1.28. The molecule has 2 N–H and O–H groups in total. The minimum absolute atomic E-state index is 0.399. The molecule has 70 valence electrons. The van der Waals surface area contributed by atoms with Crippen molar-refractivity contribution >= 4 is 0 Å². The second-order valence-electron chi connectivity index (χ2n) is 4.50. The summed E-state index contributed by atoms with van der Waals surface area (Å²) in [6.07, 6.45) is 5.62. The molecule has 2 rings (SSSR count). The summed E-state index contributed by atoms with van der Waals surface area (Å²) < 4.78 is 0. The summed E-state index contributed by atoms with van der Waals surface area (Å²) >= 11 is 0. The Morgan fingerprint density at radius 2 is 2.25 bits per heavy atom. The van der Waals surface area contributed by atoms with E-state index in [0.717, 1.165) is 12.0 Å². The first-order valence-corrected chi connectivity index (χ1v) is 5.27. The van der Waals surface area contributed by atoms with Gasteiger partial charge in [-0.05, 0) is 38.6 Å². The van der Waals surface area contributed by atoms with Crippen molar-refractivity contribution in [3.8, 4) is 0 Å². The van der Waals surface area contributed by atoms with E-state index in [9.17, 15) is 0 Å². The number of nitrogens with zero attached hydrogens (tertiary/aromatic N) is 1. The second-order valence-corrected chi connectivity index (χ2v) is 4.50. The molecule has 0 amide bonds. The van der Waals surface area contributed by atoms with E-state index in [0.29, 0.717) is 6.04 Å². The molecule has 2 saturated heterocycles. The van der Waals surface area contributed by atoms with Gasteiger partial charge < -0.3 is 10.6 Å². The van der Waals surface area contributed by atoms with Crippen LogP contribution in [0.15, 0.2) is 0 Å². The normalized spacial score (nSPS) is 39.5. The SMILES string of the molecule is CC(N)C1CC2CCCCN2C1. The molecule has 0 radical (unpaired) electrons. The Morgan fingerprint density at radius 1 is 1.42 bits per heavy atom. The Kier molecular flexibility index (Phi) is 2.37. The van der Waals surface area contributed by atoms with E-state index in [1.807, 2.05) is 0 Å². The molecule has 0 aromatic carbocycles. The highest BCUT2D eigenvalue weighted by Gasteiger charge is 2.34. The monoisotopic (exact) mass is 168 g/mol. The van der Waals surface area contributed by atoms with Crippen molar-refractivity contribution in [3.05, 3.63) is 0 Å². The summed E-state index contributed by atoms with van der Waals surface area (Å²) in [5.74, 6) is 0.771. The topological polar surface area (TPSA) is 29.3 Å². The molecule has 2 aliphatic heterocycles. The van der Waals surface area contributed by atoms with E-state index in [-0.39, 0.29) is 0 Å². The number of hydrogen-bond acceptors (Lipinski definition) is 2. The van der Waals surface area contributed by atoms with Crippen molar-refractivity contribution in [1.82, 2.24) is 4.90 Å². The second kappa shape index (κ2) is 3.35. The van der Waals surface area contributed by atoms with Crippen molar-refractivity contribution in [2.75, 3.05) is 13.1 Å². The molecule has 0 spiro atoms. The lowest BCUT2D eigenvalue weighted by Gasteiger charge is -2.28. The first kappa shape index (κ1) is 8.52. The lowest BCUT2D eigenvalue weighted by atomic mass is 9.96. The smallest absolute Gasteiger partial charge is 0.00990 e. The Hall–Kier alpha value is -0.0800. The van der Waals surface area contributed by atoms with Crippen LogP contribution in [0.2, 0.25) is 0 Å². The van der Waals surface area contributed by atoms with Crippen LogP contribution in [0, 0.1) is 5.92 Å².